The van der Waals surface area contributed by atoms with E-state index < -0.39 is 0 Å². The molecule has 1 saturated heterocycles. The van der Waals surface area contributed by atoms with Crippen LogP contribution in [0.15, 0.2) is 30.3 Å². The third-order valence-corrected chi connectivity index (χ3v) is 3.40. The minimum atomic E-state index is 0. The summed E-state index contributed by atoms with van der Waals surface area (Å²) in [7, 11) is 0. The Balaban J connectivity index is 0.00000162. The monoisotopic (exact) mass is 268 g/mol. The average molecular weight is 269 g/mol. The molecule has 18 heavy (non-hydrogen) atoms. The Morgan fingerprint density at radius 1 is 1.33 bits per heavy atom. The van der Waals surface area contributed by atoms with E-state index >= 15 is 0 Å². The molecule has 100 valence electrons. The van der Waals surface area contributed by atoms with E-state index in [0.717, 1.165) is 38.0 Å². The summed E-state index contributed by atoms with van der Waals surface area (Å²) in [5.41, 5.74) is 6.38. The maximum Gasteiger partial charge on any atom is 0.253 e. The quantitative estimate of drug-likeness (QED) is 0.914. The first-order valence-corrected chi connectivity index (χ1v) is 6.35. The Kier molecular flexibility index (Phi) is 6.16. The third-order valence-electron chi connectivity index (χ3n) is 3.40. The van der Waals surface area contributed by atoms with Crippen LogP contribution < -0.4 is 5.73 Å². The van der Waals surface area contributed by atoms with E-state index in [1.807, 2.05) is 35.2 Å². The minimum Gasteiger partial charge on any atom is -0.338 e. The summed E-state index contributed by atoms with van der Waals surface area (Å²) < 4.78 is 0. The van der Waals surface area contributed by atoms with Gasteiger partial charge >= 0.3 is 0 Å². The van der Waals surface area contributed by atoms with E-state index in [-0.39, 0.29) is 18.3 Å². The van der Waals surface area contributed by atoms with Crippen LogP contribution in [0.25, 0.3) is 0 Å². The standard InChI is InChI=1S/C14H20N2O.ClH/c15-9-8-12-5-4-10-16(11-12)14(17)13-6-2-1-3-7-13;/h1-3,6-7,12H,4-5,8-11,15H2;1H. The van der Waals surface area contributed by atoms with Gasteiger partial charge in [-0.3, -0.25) is 4.79 Å². The highest BCUT2D eigenvalue weighted by molar-refractivity contribution is 5.94. The largest absolute Gasteiger partial charge is 0.338 e. The Morgan fingerprint density at radius 3 is 2.72 bits per heavy atom. The van der Waals surface area contributed by atoms with Gasteiger partial charge in [-0.2, -0.15) is 0 Å². The van der Waals surface area contributed by atoms with Gasteiger partial charge in [-0.1, -0.05) is 18.2 Å². The molecule has 1 aliphatic heterocycles. The molecule has 0 aliphatic carbocycles. The maximum absolute atomic E-state index is 12.2. The molecule has 0 saturated carbocycles. The number of piperidine rings is 1. The number of hydrogen-bond donors (Lipinski definition) is 1. The van der Waals surface area contributed by atoms with Crippen molar-refractivity contribution in [2.24, 2.45) is 11.7 Å². The predicted octanol–water partition coefficient (Wildman–Crippen LogP) is 2.31. The summed E-state index contributed by atoms with van der Waals surface area (Å²) in [6.07, 6.45) is 3.33. The van der Waals surface area contributed by atoms with E-state index in [1.165, 1.54) is 6.42 Å². The molecule has 1 heterocycles. The summed E-state index contributed by atoms with van der Waals surface area (Å²) >= 11 is 0. The van der Waals surface area contributed by atoms with Crippen LogP contribution in [0.4, 0.5) is 0 Å². The number of rotatable bonds is 3. The Bertz CT molecular complexity index is 367. The molecule has 1 aromatic carbocycles. The highest BCUT2D eigenvalue weighted by atomic mass is 35.5. The lowest BCUT2D eigenvalue weighted by atomic mass is 9.94. The fraction of sp³-hybridized carbons (Fsp3) is 0.500. The summed E-state index contributed by atoms with van der Waals surface area (Å²) in [6, 6.07) is 9.52. The topological polar surface area (TPSA) is 46.3 Å². The third kappa shape index (κ3) is 3.72. The number of hydrogen-bond acceptors (Lipinski definition) is 2. The lowest BCUT2D eigenvalue weighted by molar-refractivity contribution is 0.0669. The number of amides is 1. The van der Waals surface area contributed by atoms with Gasteiger partial charge in [0.1, 0.15) is 0 Å². The molecule has 4 heteroatoms. The van der Waals surface area contributed by atoms with Crippen molar-refractivity contribution in [2.75, 3.05) is 19.6 Å². The van der Waals surface area contributed by atoms with E-state index in [4.69, 9.17) is 5.73 Å². The molecule has 1 atom stereocenters. The van der Waals surface area contributed by atoms with Crippen LogP contribution in [0.1, 0.15) is 29.6 Å². The Morgan fingerprint density at radius 2 is 2.06 bits per heavy atom. The van der Waals surface area contributed by atoms with Crippen molar-refractivity contribution in [3.05, 3.63) is 35.9 Å². The molecule has 1 fully saturated rings. The van der Waals surface area contributed by atoms with Gasteiger partial charge in [0.05, 0.1) is 0 Å². The summed E-state index contributed by atoms with van der Waals surface area (Å²) in [5, 5.41) is 0. The Labute approximate surface area is 115 Å². The number of likely N-dealkylation sites (tertiary alicyclic amines) is 1. The van der Waals surface area contributed by atoms with Gasteiger partial charge < -0.3 is 10.6 Å². The SMILES string of the molecule is Cl.NCCC1CCCN(C(=O)c2ccccc2)C1. The van der Waals surface area contributed by atoms with Crippen LogP contribution in [0.2, 0.25) is 0 Å². The van der Waals surface area contributed by atoms with Crippen molar-refractivity contribution >= 4 is 18.3 Å². The lowest BCUT2D eigenvalue weighted by Crippen LogP contribution is -2.40. The highest BCUT2D eigenvalue weighted by Gasteiger charge is 2.23. The van der Waals surface area contributed by atoms with Crippen molar-refractivity contribution in [1.82, 2.24) is 4.90 Å². The van der Waals surface area contributed by atoms with Crippen molar-refractivity contribution in [3.8, 4) is 0 Å². The molecular weight excluding hydrogens is 248 g/mol. The first-order valence-electron chi connectivity index (χ1n) is 6.35. The van der Waals surface area contributed by atoms with Gasteiger partial charge in [-0.25, -0.2) is 0 Å². The molecule has 0 radical (unpaired) electrons. The van der Waals surface area contributed by atoms with Crippen LogP contribution in [0.5, 0.6) is 0 Å². The fourth-order valence-electron chi connectivity index (χ4n) is 2.48. The first kappa shape index (κ1) is 15.0. The number of nitrogens with two attached hydrogens (primary N) is 1. The smallest absolute Gasteiger partial charge is 0.253 e. The van der Waals surface area contributed by atoms with E-state index in [1.54, 1.807) is 0 Å². The molecule has 0 bridgehead atoms. The van der Waals surface area contributed by atoms with Crippen LogP contribution in [-0.4, -0.2) is 30.4 Å². The molecule has 3 nitrogen and oxygen atoms in total. The van der Waals surface area contributed by atoms with Gasteiger partial charge in [0, 0.05) is 18.7 Å². The minimum absolute atomic E-state index is 0. The highest BCUT2D eigenvalue weighted by Crippen LogP contribution is 2.20. The van der Waals surface area contributed by atoms with Crippen LogP contribution in [0.3, 0.4) is 0 Å². The van der Waals surface area contributed by atoms with Crippen molar-refractivity contribution < 1.29 is 4.79 Å². The Hall–Kier alpha value is -1.06. The second-order valence-electron chi connectivity index (χ2n) is 4.70. The molecule has 1 amide bonds. The molecular formula is C14H21ClN2O. The van der Waals surface area contributed by atoms with Gasteiger partial charge in [0.25, 0.3) is 5.91 Å². The number of carbonyl (C=O) groups excluding carboxylic acids is 1. The van der Waals surface area contributed by atoms with E-state index in [0.29, 0.717) is 5.92 Å². The normalized spacial score (nSPS) is 19.2. The number of carbonyl (C=O) groups is 1. The average Bonchev–Trinajstić information content (AvgIpc) is 2.40. The van der Waals surface area contributed by atoms with Crippen molar-refractivity contribution in [2.45, 2.75) is 19.3 Å². The summed E-state index contributed by atoms with van der Waals surface area (Å²) in [5.74, 6) is 0.744. The molecule has 1 aromatic rings. The van der Waals surface area contributed by atoms with Gasteiger partial charge in [-0.05, 0) is 43.9 Å². The molecule has 0 aromatic heterocycles. The molecule has 1 unspecified atom stereocenters. The van der Waals surface area contributed by atoms with Crippen LogP contribution in [-0.2, 0) is 0 Å². The lowest BCUT2D eigenvalue weighted by Gasteiger charge is -2.32. The summed E-state index contributed by atoms with van der Waals surface area (Å²) in [6.45, 7) is 2.47. The first-order chi connectivity index (χ1) is 8.31. The van der Waals surface area contributed by atoms with Crippen molar-refractivity contribution in [3.63, 3.8) is 0 Å². The maximum atomic E-state index is 12.2. The van der Waals surface area contributed by atoms with Gasteiger partial charge in [0.15, 0.2) is 0 Å². The zero-order valence-electron chi connectivity index (χ0n) is 10.5. The zero-order valence-corrected chi connectivity index (χ0v) is 11.4. The van der Waals surface area contributed by atoms with Crippen LogP contribution >= 0.6 is 12.4 Å². The molecule has 2 rings (SSSR count). The second kappa shape index (κ2) is 7.39. The van der Waals surface area contributed by atoms with Gasteiger partial charge in [0.2, 0.25) is 0 Å². The van der Waals surface area contributed by atoms with E-state index in [2.05, 4.69) is 0 Å². The number of halogens is 1. The zero-order chi connectivity index (χ0) is 12.1. The summed E-state index contributed by atoms with van der Waals surface area (Å²) in [4.78, 5) is 14.2. The van der Waals surface area contributed by atoms with Crippen molar-refractivity contribution in [1.29, 1.82) is 0 Å². The molecule has 2 N–H and O–H groups in total. The van der Waals surface area contributed by atoms with Gasteiger partial charge in [-0.15, -0.1) is 12.4 Å². The predicted molar refractivity (Wildman–Crippen MR) is 76.0 cm³/mol. The van der Waals surface area contributed by atoms with Crippen LogP contribution in [0, 0.1) is 5.92 Å². The number of nitrogens with zero attached hydrogens (tertiary/aromatic N) is 1. The molecule has 0 spiro atoms. The number of benzene rings is 1. The van der Waals surface area contributed by atoms with E-state index in [9.17, 15) is 4.79 Å². The molecule has 1 aliphatic rings. The second-order valence-corrected chi connectivity index (χ2v) is 4.70. The fourth-order valence-corrected chi connectivity index (χ4v) is 2.48.